The molecular weight excluding hydrogens is 351 g/mol. The average Bonchev–Trinajstić information content (AvgIpc) is 2.56. The molecule has 0 spiro atoms. The number of carbonyl (C=O) groups excluding carboxylic acids is 2. The molecule has 0 aromatic heterocycles. The minimum Gasteiger partial charge on any atom is -0.435 e. The van der Waals surface area contributed by atoms with E-state index in [9.17, 15) is 22.8 Å². The highest BCUT2D eigenvalue weighted by Gasteiger charge is 2.08. The summed E-state index contributed by atoms with van der Waals surface area (Å²) in [6.45, 7) is -1.85. The van der Waals surface area contributed by atoms with Crippen molar-refractivity contribution < 1.29 is 27.5 Å². The maximum atomic E-state index is 13.8. The largest absolute Gasteiger partial charge is 0.435 e. The van der Waals surface area contributed by atoms with Crippen LogP contribution in [0.3, 0.4) is 0 Å². The molecule has 0 bridgehead atoms. The van der Waals surface area contributed by atoms with Crippen LogP contribution in [0.1, 0.15) is 6.92 Å². The Morgan fingerprint density at radius 1 is 1.04 bits per heavy atom. The number of hydrogen-bond donors (Lipinski definition) is 3. The second kappa shape index (κ2) is 8.75. The lowest BCUT2D eigenvalue weighted by Crippen LogP contribution is -2.22. The maximum absolute atomic E-state index is 13.8. The van der Waals surface area contributed by atoms with E-state index in [0.717, 1.165) is 6.07 Å². The number of halogens is 3. The molecule has 9 heteroatoms. The molecule has 0 aliphatic heterocycles. The topological polar surface area (TPSA) is 79.5 Å². The standard InChI is InChI=1S/C17H16F3N3O3/c1-10(24)22-12-4-7-14(18)15(8-12)21-9-16(25)23-11-2-5-13(6-3-11)26-17(19)20/h2-8,17,21H,9H2,1H3,(H,22,24)(H,23,25). The molecule has 0 atom stereocenters. The first-order chi connectivity index (χ1) is 12.3. The van der Waals surface area contributed by atoms with Crippen molar-refractivity contribution in [1.82, 2.24) is 0 Å². The fourth-order valence-electron chi connectivity index (χ4n) is 2.04. The Kier molecular flexibility index (Phi) is 6.42. The molecule has 0 aliphatic rings. The third-order valence-corrected chi connectivity index (χ3v) is 3.09. The van der Waals surface area contributed by atoms with Gasteiger partial charge in [0.2, 0.25) is 11.8 Å². The first-order valence-electron chi connectivity index (χ1n) is 7.49. The van der Waals surface area contributed by atoms with Crippen molar-refractivity contribution in [3.8, 4) is 5.75 Å². The van der Waals surface area contributed by atoms with E-state index in [1.807, 2.05) is 0 Å². The Balaban J connectivity index is 1.91. The van der Waals surface area contributed by atoms with Crippen LogP contribution in [-0.4, -0.2) is 25.0 Å². The van der Waals surface area contributed by atoms with E-state index in [1.54, 1.807) is 0 Å². The van der Waals surface area contributed by atoms with Crippen LogP contribution in [0.25, 0.3) is 0 Å². The third kappa shape index (κ3) is 6.00. The second-order valence-corrected chi connectivity index (χ2v) is 5.18. The van der Waals surface area contributed by atoms with Crippen LogP contribution in [-0.2, 0) is 9.59 Å². The van der Waals surface area contributed by atoms with Crippen molar-refractivity contribution in [2.45, 2.75) is 13.5 Å². The normalized spacial score (nSPS) is 10.3. The van der Waals surface area contributed by atoms with Crippen LogP contribution in [0.15, 0.2) is 42.5 Å². The van der Waals surface area contributed by atoms with Crippen molar-refractivity contribution >= 4 is 28.9 Å². The molecule has 26 heavy (non-hydrogen) atoms. The molecule has 0 heterocycles. The molecule has 3 N–H and O–H groups in total. The van der Waals surface area contributed by atoms with Gasteiger partial charge < -0.3 is 20.7 Å². The lowest BCUT2D eigenvalue weighted by molar-refractivity contribution is -0.115. The molecule has 0 saturated carbocycles. The number of benzene rings is 2. The van der Waals surface area contributed by atoms with E-state index in [4.69, 9.17) is 0 Å². The fourth-order valence-corrected chi connectivity index (χ4v) is 2.04. The quantitative estimate of drug-likeness (QED) is 0.701. The molecule has 2 aromatic rings. The predicted molar refractivity (Wildman–Crippen MR) is 90.9 cm³/mol. The third-order valence-electron chi connectivity index (χ3n) is 3.09. The van der Waals surface area contributed by atoms with Crippen LogP contribution in [0.2, 0.25) is 0 Å². The fraction of sp³-hybridized carbons (Fsp3) is 0.176. The molecule has 0 aliphatic carbocycles. The zero-order valence-electron chi connectivity index (χ0n) is 13.7. The van der Waals surface area contributed by atoms with E-state index >= 15 is 0 Å². The Morgan fingerprint density at radius 3 is 2.31 bits per heavy atom. The van der Waals surface area contributed by atoms with Crippen molar-refractivity contribution in [2.24, 2.45) is 0 Å². The minimum absolute atomic E-state index is 0.0343. The van der Waals surface area contributed by atoms with Gasteiger partial charge in [-0.1, -0.05) is 0 Å². The summed E-state index contributed by atoms with van der Waals surface area (Å²) in [4.78, 5) is 22.9. The smallest absolute Gasteiger partial charge is 0.387 e. The lowest BCUT2D eigenvalue weighted by Gasteiger charge is -2.11. The van der Waals surface area contributed by atoms with Gasteiger partial charge in [0.05, 0.1) is 12.2 Å². The number of anilines is 3. The van der Waals surface area contributed by atoms with Gasteiger partial charge in [-0.05, 0) is 42.5 Å². The zero-order valence-corrected chi connectivity index (χ0v) is 13.7. The SMILES string of the molecule is CC(=O)Nc1ccc(F)c(NCC(=O)Nc2ccc(OC(F)F)cc2)c1. The van der Waals surface area contributed by atoms with Gasteiger partial charge in [-0.3, -0.25) is 9.59 Å². The van der Waals surface area contributed by atoms with Gasteiger partial charge in [-0.2, -0.15) is 8.78 Å². The first-order valence-corrected chi connectivity index (χ1v) is 7.49. The number of alkyl halides is 2. The van der Waals surface area contributed by atoms with Crippen LogP contribution in [0, 0.1) is 5.82 Å². The Bertz CT molecular complexity index is 783. The van der Waals surface area contributed by atoms with Gasteiger partial charge in [-0.15, -0.1) is 0 Å². The van der Waals surface area contributed by atoms with E-state index < -0.39 is 18.3 Å². The van der Waals surface area contributed by atoms with Gasteiger partial charge in [0.25, 0.3) is 0 Å². The number of ether oxygens (including phenoxy) is 1. The van der Waals surface area contributed by atoms with Crippen LogP contribution >= 0.6 is 0 Å². The summed E-state index contributed by atoms with van der Waals surface area (Å²) in [6.07, 6.45) is 0. The summed E-state index contributed by atoms with van der Waals surface area (Å²) in [5.74, 6) is -1.40. The van der Waals surface area contributed by atoms with Crippen molar-refractivity contribution in [1.29, 1.82) is 0 Å². The van der Waals surface area contributed by atoms with Crippen LogP contribution < -0.4 is 20.7 Å². The van der Waals surface area contributed by atoms with E-state index in [2.05, 4.69) is 20.7 Å². The number of carbonyl (C=O) groups is 2. The summed E-state index contributed by atoms with van der Waals surface area (Å²) in [5, 5.41) is 7.65. The Labute approximate surface area is 147 Å². The average molecular weight is 367 g/mol. The lowest BCUT2D eigenvalue weighted by atomic mass is 10.2. The first kappa shape index (κ1) is 19.1. The zero-order chi connectivity index (χ0) is 19.1. The molecule has 6 nitrogen and oxygen atoms in total. The summed E-state index contributed by atoms with van der Waals surface area (Å²) < 4.78 is 42.1. The number of hydrogen-bond acceptors (Lipinski definition) is 4. The molecule has 0 fully saturated rings. The van der Waals surface area contributed by atoms with Crippen molar-refractivity contribution in [3.63, 3.8) is 0 Å². The highest BCUT2D eigenvalue weighted by atomic mass is 19.3. The van der Waals surface area contributed by atoms with Gasteiger partial charge in [-0.25, -0.2) is 4.39 Å². The van der Waals surface area contributed by atoms with Crippen LogP contribution in [0.4, 0.5) is 30.2 Å². The Morgan fingerprint density at radius 2 is 1.69 bits per heavy atom. The maximum Gasteiger partial charge on any atom is 0.387 e. The molecule has 0 saturated heterocycles. The van der Waals surface area contributed by atoms with Crippen molar-refractivity contribution in [3.05, 3.63) is 48.3 Å². The highest BCUT2D eigenvalue weighted by Crippen LogP contribution is 2.20. The minimum atomic E-state index is -2.93. The summed E-state index contributed by atoms with van der Waals surface area (Å²) in [5.41, 5.74) is 0.800. The molecule has 2 rings (SSSR count). The van der Waals surface area contributed by atoms with Crippen LogP contribution in [0.5, 0.6) is 5.75 Å². The number of rotatable bonds is 7. The summed E-state index contributed by atoms with van der Waals surface area (Å²) in [7, 11) is 0. The molecule has 2 aromatic carbocycles. The molecule has 2 amide bonds. The predicted octanol–water partition coefficient (Wildman–Crippen LogP) is 3.44. The molecular formula is C17H16F3N3O3. The molecule has 138 valence electrons. The number of amides is 2. The monoisotopic (exact) mass is 367 g/mol. The van der Waals surface area contributed by atoms with Gasteiger partial charge in [0.15, 0.2) is 0 Å². The van der Waals surface area contributed by atoms with Gasteiger partial charge >= 0.3 is 6.61 Å². The highest BCUT2D eigenvalue weighted by molar-refractivity contribution is 5.94. The molecule has 0 radical (unpaired) electrons. The van der Waals surface area contributed by atoms with Gasteiger partial charge in [0.1, 0.15) is 11.6 Å². The van der Waals surface area contributed by atoms with E-state index in [0.29, 0.717) is 11.4 Å². The van der Waals surface area contributed by atoms with E-state index in [-0.39, 0.29) is 23.9 Å². The number of nitrogens with one attached hydrogen (secondary N) is 3. The van der Waals surface area contributed by atoms with Crippen molar-refractivity contribution in [2.75, 3.05) is 22.5 Å². The Hall–Kier alpha value is -3.23. The second-order valence-electron chi connectivity index (χ2n) is 5.18. The van der Waals surface area contributed by atoms with Gasteiger partial charge in [0, 0.05) is 18.3 Å². The summed E-state index contributed by atoms with van der Waals surface area (Å²) >= 11 is 0. The summed E-state index contributed by atoms with van der Waals surface area (Å²) in [6, 6.07) is 9.28. The van der Waals surface area contributed by atoms with E-state index in [1.165, 1.54) is 43.3 Å². The molecule has 0 unspecified atom stereocenters.